The van der Waals surface area contributed by atoms with Crippen LogP contribution in [0.4, 0.5) is 0 Å². The van der Waals surface area contributed by atoms with Crippen molar-refractivity contribution in [3.63, 3.8) is 0 Å². The van der Waals surface area contributed by atoms with Gasteiger partial charge in [0.1, 0.15) is 11.5 Å². The zero-order chi connectivity index (χ0) is 23.9. The highest BCUT2D eigenvalue weighted by molar-refractivity contribution is 5.94. The first-order valence-electron chi connectivity index (χ1n) is 11.9. The van der Waals surface area contributed by atoms with Gasteiger partial charge in [0.15, 0.2) is 0 Å². The van der Waals surface area contributed by atoms with Crippen LogP contribution in [0, 0.1) is 6.92 Å². The van der Waals surface area contributed by atoms with Gasteiger partial charge in [0.25, 0.3) is 5.91 Å². The van der Waals surface area contributed by atoms with Gasteiger partial charge in [-0.15, -0.1) is 0 Å². The van der Waals surface area contributed by atoms with Crippen molar-refractivity contribution in [2.75, 3.05) is 27.3 Å². The number of ether oxygens (including phenoxy) is 2. The summed E-state index contributed by atoms with van der Waals surface area (Å²) in [5.41, 5.74) is 5.54. The highest BCUT2D eigenvalue weighted by Gasteiger charge is 2.21. The normalized spacial score (nSPS) is 14.6. The molecule has 3 aromatic carbocycles. The lowest BCUT2D eigenvalue weighted by Crippen LogP contribution is -2.32. The SMILES string of the molecule is COc1ccc(CN2CCC(c3ccc(CNC(=O)c4ccc(C)cc4)cc3)CC2)c(OC)c1. The summed E-state index contributed by atoms with van der Waals surface area (Å²) in [5.74, 6) is 2.24. The number of nitrogens with zero attached hydrogens (tertiary/aromatic N) is 1. The highest BCUT2D eigenvalue weighted by Crippen LogP contribution is 2.31. The van der Waals surface area contributed by atoms with Crippen molar-refractivity contribution in [2.45, 2.75) is 38.8 Å². The van der Waals surface area contributed by atoms with Crippen LogP contribution in [-0.4, -0.2) is 38.1 Å². The Balaban J connectivity index is 1.27. The molecule has 0 atom stereocenters. The Labute approximate surface area is 202 Å². The third-order valence-corrected chi connectivity index (χ3v) is 6.69. The van der Waals surface area contributed by atoms with E-state index in [4.69, 9.17) is 9.47 Å². The number of piperidine rings is 1. The van der Waals surface area contributed by atoms with E-state index < -0.39 is 0 Å². The molecule has 1 aliphatic heterocycles. The monoisotopic (exact) mass is 458 g/mol. The predicted octanol–water partition coefficient (Wildman–Crippen LogP) is 5.32. The van der Waals surface area contributed by atoms with Gasteiger partial charge in [-0.2, -0.15) is 0 Å². The van der Waals surface area contributed by atoms with E-state index >= 15 is 0 Å². The fourth-order valence-corrected chi connectivity index (χ4v) is 4.54. The lowest BCUT2D eigenvalue weighted by molar-refractivity contribution is 0.0951. The molecule has 1 amide bonds. The van der Waals surface area contributed by atoms with Crippen LogP contribution in [0.15, 0.2) is 66.7 Å². The second-order valence-corrected chi connectivity index (χ2v) is 9.02. The van der Waals surface area contributed by atoms with Gasteiger partial charge in [0.2, 0.25) is 0 Å². The van der Waals surface area contributed by atoms with Gasteiger partial charge in [0.05, 0.1) is 14.2 Å². The van der Waals surface area contributed by atoms with E-state index in [-0.39, 0.29) is 5.91 Å². The van der Waals surface area contributed by atoms with Crippen molar-refractivity contribution in [1.29, 1.82) is 0 Å². The summed E-state index contributed by atoms with van der Waals surface area (Å²) < 4.78 is 10.9. The number of rotatable bonds is 8. The molecular weight excluding hydrogens is 424 g/mol. The molecule has 0 radical (unpaired) electrons. The topological polar surface area (TPSA) is 50.8 Å². The first kappa shape index (κ1) is 23.8. The molecule has 1 saturated heterocycles. The van der Waals surface area contributed by atoms with E-state index in [2.05, 4.69) is 40.5 Å². The summed E-state index contributed by atoms with van der Waals surface area (Å²) in [4.78, 5) is 14.8. The van der Waals surface area contributed by atoms with Gasteiger partial charge < -0.3 is 14.8 Å². The van der Waals surface area contributed by atoms with Gasteiger partial charge in [-0.05, 0) is 68.1 Å². The van der Waals surface area contributed by atoms with Gasteiger partial charge in [-0.3, -0.25) is 9.69 Å². The number of methoxy groups -OCH3 is 2. The summed E-state index contributed by atoms with van der Waals surface area (Å²) in [5, 5.41) is 3.02. The smallest absolute Gasteiger partial charge is 0.251 e. The average molecular weight is 459 g/mol. The minimum absolute atomic E-state index is 0.0371. The molecule has 1 N–H and O–H groups in total. The second-order valence-electron chi connectivity index (χ2n) is 9.02. The van der Waals surface area contributed by atoms with Crippen molar-refractivity contribution in [3.8, 4) is 11.5 Å². The molecule has 4 rings (SSSR count). The van der Waals surface area contributed by atoms with Crippen LogP contribution in [0.25, 0.3) is 0 Å². The first-order valence-corrected chi connectivity index (χ1v) is 11.9. The number of carbonyl (C=O) groups excluding carboxylic acids is 1. The van der Waals surface area contributed by atoms with Gasteiger partial charge in [-0.25, -0.2) is 0 Å². The molecule has 0 aliphatic carbocycles. The number of hydrogen-bond acceptors (Lipinski definition) is 4. The first-order chi connectivity index (χ1) is 16.6. The third-order valence-electron chi connectivity index (χ3n) is 6.69. The number of nitrogens with one attached hydrogen (secondary N) is 1. The minimum Gasteiger partial charge on any atom is -0.497 e. The minimum atomic E-state index is -0.0371. The fraction of sp³-hybridized carbons (Fsp3) is 0.345. The molecule has 34 heavy (non-hydrogen) atoms. The fourth-order valence-electron chi connectivity index (χ4n) is 4.54. The van der Waals surface area contributed by atoms with Crippen LogP contribution in [0.3, 0.4) is 0 Å². The molecule has 1 heterocycles. The summed E-state index contributed by atoms with van der Waals surface area (Å²) in [6.07, 6.45) is 2.28. The lowest BCUT2D eigenvalue weighted by Gasteiger charge is -2.32. The Hall–Kier alpha value is -3.31. The van der Waals surface area contributed by atoms with Gasteiger partial charge in [-0.1, -0.05) is 48.0 Å². The number of amides is 1. The Kier molecular flexibility index (Phi) is 7.86. The van der Waals surface area contributed by atoms with E-state index in [1.54, 1.807) is 14.2 Å². The maximum absolute atomic E-state index is 12.3. The largest absolute Gasteiger partial charge is 0.497 e. The van der Waals surface area contributed by atoms with Crippen LogP contribution in [0.5, 0.6) is 11.5 Å². The van der Waals surface area contributed by atoms with E-state index in [9.17, 15) is 4.79 Å². The summed E-state index contributed by atoms with van der Waals surface area (Å²) in [6.45, 7) is 5.57. The van der Waals surface area contributed by atoms with Crippen LogP contribution in [-0.2, 0) is 13.1 Å². The van der Waals surface area contributed by atoms with Crippen LogP contribution in [0.1, 0.15) is 51.4 Å². The van der Waals surface area contributed by atoms with E-state index in [1.165, 1.54) is 11.1 Å². The number of hydrogen-bond donors (Lipinski definition) is 1. The zero-order valence-electron chi connectivity index (χ0n) is 20.3. The zero-order valence-corrected chi connectivity index (χ0v) is 20.3. The molecular formula is C29H34N2O3. The van der Waals surface area contributed by atoms with Crippen LogP contribution >= 0.6 is 0 Å². The molecule has 0 bridgehead atoms. The van der Waals surface area contributed by atoms with E-state index in [0.717, 1.165) is 55.1 Å². The van der Waals surface area contributed by atoms with Gasteiger partial charge in [0, 0.05) is 30.3 Å². The number of aryl methyl sites for hydroxylation is 1. The molecule has 0 spiro atoms. The maximum Gasteiger partial charge on any atom is 0.251 e. The third kappa shape index (κ3) is 5.97. The molecule has 178 valence electrons. The van der Waals surface area contributed by atoms with Crippen molar-refractivity contribution in [2.24, 2.45) is 0 Å². The lowest BCUT2D eigenvalue weighted by atomic mass is 9.89. The van der Waals surface area contributed by atoms with Crippen molar-refractivity contribution < 1.29 is 14.3 Å². The second kappa shape index (κ2) is 11.2. The van der Waals surface area contributed by atoms with E-state index in [0.29, 0.717) is 18.0 Å². The van der Waals surface area contributed by atoms with Crippen molar-refractivity contribution >= 4 is 5.91 Å². The summed E-state index contributed by atoms with van der Waals surface area (Å²) in [6, 6.07) is 22.4. The quantitative estimate of drug-likeness (QED) is 0.496. The van der Waals surface area contributed by atoms with Crippen molar-refractivity contribution in [3.05, 3.63) is 94.5 Å². The molecule has 5 nitrogen and oxygen atoms in total. The standard InChI is InChI=1S/C29H34N2O3/c1-21-4-8-25(9-5-21)29(32)30-19-22-6-10-23(11-7-22)24-14-16-31(17-15-24)20-26-12-13-27(33-2)18-28(26)34-3/h4-13,18,24H,14-17,19-20H2,1-3H3,(H,30,32). The summed E-state index contributed by atoms with van der Waals surface area (Å²) in [7, 11) is 3.38. The maximum atomic E-state index is 12.3. The Bertz CT molecular complexity index is 1090. The number of benzene rings is 3. The van der Waals surface area contributed by atoms with Crippen LogP contribution in [0.2, 0.25) is 0 Å². The molecule has 0 saturated carbocycles. The molecule has 0 unspecified atom stereocenters. The van der Waals surface area contributed by atoms with Crippen LogP contribution < -0.4 is 14.8 Å². The molecule has 5 heteroatoms. The Morgan fingerprint density at radius 1 is 0.941 bits per heavy atom. The highest BCUT2D eigenvalue weighted by atomic mass is 16.5. The average Bonchev–Trinajstić information content (AvgIpc) is 2.88. The molecule has 3 aromatic rings. The van der Waals surface area contributed by atoms with Crippen molar-refractivity contribution in [1.82, 2.24) is 10.2 Å². The molecule has 0 aromatic heterocycles. The Morgan fingerprint density at radius 2 is 1.65 bits per heavy atom. The predicted molar refractivity (Wildman–Crippen MR) is 136 cm³/mol. The number of carbonyl (C=O) groups is 1. The van der Waals surface area contributed by atoms with Gasteiger partial charge >= 0.3 is 0 Å². The Morgan fingerprint density at radius 3 is 2.29 bits per heavy atom. The van der Waals surface area contributed by atoms with E-state index in [1.807, 2.05) is 43.3 Å². The summed E-state index contributed by atoms with van der Waals surface area (Å²) >= 11 is 0. The molecule has 1 fully saturated rings. The molecule has 1 aliphatic rings. The number of likely N-dealkylation sites (tertiary alicyclic amines) is 1.